The number of ether oxygens (including phenoxy) is 1. The van der Waals surface area contributed by atoms with Crippen LogP contribution in [0, 0.1) is 0 Å². The van der Waals surface area contributed by atoms with Crippen LogP contribution in [0.4, 0.5) is 30.5 Å². The second-order valence-electron chi connectivity index (χ2n) is 5.65. The van der Waals surface area contributed by atoms with Crippen LogP contribution in [-0.4, -0.2) is 23.0 Å². The molecule has 2 aromatic carbocycles. The molecule has 0 unspecified atom stereocenters. The molecule has 0 spiro atoms. The summed E-state index contributed by atoms with van der Waals surface area (Å²) in [5, 5.41) is 5.36. The lowest BCUT2D eigenvalue weighted by Gasteiger charge is -2.11. The van der Waals surface area contributed by atoms with E-state index in [1.807, 2.05) is 12.1 Å². The first-order valence-electron chi connectivity index (χ1n) is 8.07. The Kier molecular flexibility index (Phi) is 5.44. The zero-order valence-electron chi connectivity index (χ0n) is 14.6. The Bertz CT molecular complexity index is 975. The van der Waals surface area contributed by atoms with Crippen molar-refractivity contribution in [2.45, 2.75) is 6.18 Å². The second-order valence-corrected chi connectivity index (χ2v) is 5.65. The molecular weight excluding hydrogens is 373 g/mol. The predicted molar refractivity (Wildman–Crippen MR) is 97.7 cm³/mol. The number of nitrogens with one attached hydrogen (secondary N) is 2. The summed E-state index contributed by atoms with van der Waals surface area (Å²) in [5.41, 5.74) is -0.0805. The Hall–Kier alpha value is -3.62. The van der Waals surface area contributed by atoms with Crippen molar-refractivity contribution in [3.8, 4) is 5.75 Å². The molecule has 28 heavy (non-hydrogen) atoms. The average Bonchev–Trinajstić information content (AvgIpc) is 2.68. The highest BCUT2D eigenvalue weighted by atomic mass is 19.4. The number of benzene rings is 2. The lowest BCUT2D eigenvalue weighted by molar-refractivity contribution is -0.137. The van der Waals surface area contributed by atoms with E-state index in [9.17, 15) is 18.0 Å². The summed E-state index contributed by atoms with van der Waals surface area (Å²) in [4.78, 5) is 20.3. The number of rotatable bonds is 5. The molecule has 6 nitrogen and oxygen atoms in total. The molecule has 144 valence electrons. The normalized spacial score (nSPS) is 11.0. The van der Waals surface area contributed by atoms with Crippen molar-refractivity contribution in [3.05, 3.63) is 72.1 Å². The van der Waals surface area contributed by atoms with Gasteiger partial charge in [0.05, 0.1) is 23.9 Å². The largest absolute Gasteiger partial charge is 0.495 e. The van der Waals surface area contributed by atoms with Crippen LogP contribution < -0.4 is 15.4 Å². The molecule has 0 bridgehead atoms. The number of alkyl halides is 3. The maximum atomic E-state index is 12.8. The monoisotopic (exact) mass is 388 g/mol. The van der Waals surface area contributed by atoms with E-state index in [0.717, 1.165) is 12.1 Å². The third-order valence-electron chi connectivity index (χ3n) is 3.72. The minimum atomic E-state index is -4.49. The van der Waals surface area contributed by atoms with Crippen molar-refractivity contribution >= 4 is 23.2 Å². The summed E-state index contributed by atoms with van der Waals surface area (Å²) < 4.78 is 43.5. The summed E-state index contributed by atoms with van der Waals surface area (Å²) in [6.45, 7) is 0. The first-order chi connectivity index (χ1) is 13.4. The van der Waals surface area contributed by atoms with Crippen molar-refractivity contribution in [1.29, 1.82) is 0 Å². The number of hydrogen-bond donors (Lipinski definition) is 2. The molecule has 1 amide bonds. The van der Waals surface area contributed by atoms with Gasteiger partial charge in [-0.3, -0.25) is 4.79 Å². The van der Waals surface area contributed by atoms with E-state index in [4.69, 9.17) is 4.74 Å². The zero-order valence-corrected chi connectivity index (χ0v) is 14.6. The molecule has 1 aromatic heterocycles. The Labute approximate surface area is 158 Å². The number of hydrogen-bond acceptors (Lipinski definition) is 5. The summed E-state index contributed by atoms with van der Waals surface area (Å²) >= 11 is 0. The molecular formula is C19H15F3N4O2. The third-order valence-corrected chi connectivity index (χ3v) is 3.72. The molecule has 0 aliphatic carbocycles. The number of aromatic nitrogens is 2. The van der Waals surface area contributed by atoms with Crippen LogP contribution in [0.15, 0.2) is 60.9 Å². The van der Waals surface area contributed by atoms with Crippen LogP contribution in [-0.2, 0) is 6.18 Å². The van der Waals surface area contributed by atoms with Gasteiger partial charge in [0.15, 0.2) is 0 Å². The van der Waals surface area contributed by atoms with Crippen LogP contribution >= 0.6 is 0 Å². The smallest absolute Gasteiger partial charge is 0.416 e. The van der Waals surface area contributed by atoms with Gasteiger partial charge in [-0.15, -0.1) is 0 Å². The number of anilines is 3. The zero-order chi connectivity index (χ0) is 20.1. The molecule has 0 radical (unpaired) electrons. The number of carbonyl (C=O) groups excluding carboxylic acids is 1. The van der Waals surface area contributed by atoms with E-state index in [0.29, 0.717) is 11.4 Å². The van der Waals surface area contributed by atoms with Crippen molar-refractivity contribution in [2.75, 3.05) is 17.7 Å². The molecule has 9 heteroatoms. The first-order valence-corrected chi connectivity index (χ1v) is 8.07. The van der Waals surface area contributed by atoms with Gasteiger partial charge in [0.25, 0.3) is 5.91 Å². The van der Waals surface area contributed by atoms with Crippen molar-refractivity contribution in [1.82, 2.24) is 9.97 Å². The van der Waals surface area contributed by atoms with Crippen LogP contribution in [0.2, 0.25) is 0 Å². The van der Waals surface area contributed by atoms with Crippen LogP contribution in [0.3, 0.4) is 0 Å². The van der Waals surface area contributed by atoms with Gasteiger partial charge in [-0.2, -0.15) is 13.2 Å². The lowest BCUT2D eigenvalue weighted by atomic mass is 10.2. The number of carbonyl (C=O) groups is 1. The number of nitrogens with zero attached hydrogens (tertiary/aromatic N) is 2. The van der Waals surface area contributed by atoms with E-state index < -0.39 is 17.6 Å². The van der Waals surface area contributed by atoms with Gasteiger partial charge in [0, 0.05) is 18.1 Å². The predicted octanol–water partition coefficient (Wildman–Crippen LogP) is 4.50. The fourth-order valence-electron chi connectivity index (χ4n) is 2.35. The maximum Gasteiger partial charge on any atom is 0.416 e. The van der Waals surface area contributed by atoms with Gasteiger partial charge in [-0.25, -0.2) is 9.97 Å². The lowest BCUT2D eigenvalue weighted by Crippen LogP contribution is -2.14. The summed E-state index contributed by atoms with van der Waals surface area (Å²) in [7, 11) is 1.53. The number of methoxy groups -OCH3 is 1. The van der Waals surface area contributed by atoms with E-state index in [1.54, 1.807) is 12.1 Å². The van der Waals surface area contributed by atoms with Gasteiger partial charge in [-0.1, -0.05) is 18.2 Å². The standard InChI is InChI=1S/C19H15F3N4O2/c1-28-16-8-3-2-7-15(16)26-18-23-10-12(11-24-18)17(27)25-14-6-4-5-13(9-14)19(20,21)22/h2-11H,1H3,(H,25,27)(H,23,24,26). The van der Waals surface area contributed by atoms with Gasteiger partial charge < -0.3 is 15.4 Å². The Morgan fingerprint density at radius 2 is 1.75 bits per heavy atom. The fourth-order valence-corrected chi connectivity index (χ4v) is 2.35. The maximum absolute atomic E-state index is 12.8. The molecule has 0 aliphatic heterocycles. The quantitative estimate of drug-likeness (QED) is 0.673. The molecule has 0 aliphatic rings. The third kappa shape index (κ3) is 4.56. The van der Waals surface area contributed by atoms with Crippen molar-refractivity contribution in [3.63, 3.8) is 0 Å². The van der Waals surface area contributed by atoms with E-state index in [1.165, 1.54) is 31.6 Å². The minimum Gasteiger partial charge on any atom is -0.495 e. The van der Waals surface area contributed by atoms with E-state index in [-0.39, 0.29) is 17.2 Å². The van der Waals surface area contributed by atoms with E-state index in [2.05, 4.69) is 20.6 Å². The molecule has 2 N–H and O–H groups in total. The minimum absolute atomic E-state index is 0.0241. The Morgan fingerprint density at radius 3 is 2.43 bits per heavy atom. The molecule has 3 aromatic rings. The molecule has 0 atom stereocenters. The topological polar surface area (TPSA) is 76.1 Å². The van der Waals surface area contributed by atoms with Crippen LogP contribution in [0.5, 0.6) is 5.75 Å². The summed E-state index contributed by atoms with van der Waals surface area (Å²) in [5.74, 6) is 0.209. The summed E-state index contributed by atoms with van der Waals surface area (Å²) in [6.07, 6.45) is -1.95. The highest BCUT2D eigenvalue weighted by Gasteiger charge is 2.30. The molecule has 0 saturated carbocycles. The Balaban J connectivity index is 1.70. The SMILES string of the molecule is COc1ccccc1Nc1ncc(C(=O)Nc2cccc(C(F)(F)F)c2)cn1. The van der Waals surface area contributed by atoms with Crippen molar-refractivity contribution in [2.24, 2.45) is 0 Å². The molecule has 3 rings (SSSR count). The highest BCUT2D eigenvalue weighted by Crippen LogP contribution is 2.30. The number of halogens is 3. The van der Waals surface area contributed by atoms with Crippen LogP contribution in [0.1, 0.15) is 15.9 Å². The first kappa shape index (κ1) is 19.2. The summed E-state index contributed by atoms with van der Waals surface area (Å²) in [6, 6.07) is 11.5. The van der Waals surface area contributed by atoms with Gasteiger partial charge in [-0.05, 0) is 30.3 Å². The highest BCUT2D eigenvalue weighted by molar-refractivity contribution is 6.03. The van der Waals surface area contributed by atoms with Gasteiger partial charge in [0.1, 0.15) is 5.75 Å². The van der Waals surface area contributed by atoms with Gasteiger partial charge in [0.2, 0.25) is 5.95 Å². The Morgan fingerprint density at radius 1 is 1.04 bits per heavy atom. The number of amides is 1. The average molecular weight is 388 g/mol. The molecule has 1 heterocycles. The van der Waals surface area contributed by atoms with Crippen LogP contribution in [0.25, 0.3) is 0 Å². The molecule has 0 fully saturated rings. The van der Waals surface area contributed by atoms with Gasteiger partial charge >= 0.3 is 6.18 Å². The number of para-hydroxylation sites is 2. The second kappa shape index (κ2) is 7.95. The van der Waals surface area contributed by atoms with E-state index >= 15 is 0 Å². The fraction of sp³-hybridized carbons (Fsp3) is 0.105. The molecule has 0 saturated heterocycles. The van der Waals surface area contributed by atoms with Crippen molar-refractivity contribution < 1.29 is 22.7 Å².